The molecule has 1 amide bonds. The number of H-pyrrole nitrogens is 1. The number of nitrogens with one attached hydrogen (secondary N) is 2. The summed E-state index contributed by atoms with van der Waals surface area (Å²) in [5.41, 5.74) is 2.96. The first-order chi connectivity index (χ1) is 14.4. The number of anilines is 1. The molecule has 0 radical (unpaired) electrons. The van der Waals surface area contributed by atoms with E-state index < -0.39 is 0 Å². The summed E-state index contributed by atoms with van der Waals surface area (Å²) in [4.78, 5) is 31.3. The number of hydrogen-bond donors (Lipinski definition) is 2. The van der Waals surface area contributed by atoms with Crippen molar-refractivity contribution < 1.29 is 14.3 Å². The fraction of sp³-hybridized carbons (Fsp3) is 0.333. The smallest absolute Gasteiger partial charge is 0.238 e. The summed E-state index contributed by atoms with van der Waals surface area (Å²) in [6, 6.07) is 8.95. The molecule has 2 aromatic heterocycles. The second-order valence-corrected chi connectivity index (χ2v) is 6.93. The highest BCUT2D eigenvalue weighted by Crippen LogP contribution is 2.19. The molecule has 2 heterocycles. The molecule has 0 atom stereocenters. The van der Waals surface area contributed by atoms with E-state index >= 15 is 0 Å². The van der Waals surface area contributed by atoms with Crippen molar-refractivity contribution >= 4 is 17.4 Å². The molecule has 30 heavy (non-hydrogen) atoms. The van der Waals surface area contributed by atoms with E-state index in [4.69, 9.17) is 4.74 Å². The Morgan fingerprint density at radius 1 is 1.20 bits per heavy atom. The fourth-order valence-corrected chi connectivity index (χ4v) is 3.32. The molecular weight excluding hydrogens is 384 g/mol. The number of nitrogens with zero attached hydrogens (tertiary/aromatic N) is 4. The number of amides is 1. The lowest BCUT2D eigenvalue weighted by Crippen LogP contribution is -2.37. The Labute approximate surface area is 175 Å². The van der Waals surface area contributed by atoms with Gasteiger partial charge < -0.3 is 10.1 Å². The number of carbonyl (C=O) groups is 2. The van der Waals surface area contributed by atoms with Crippen molar-refractivity contribution in [2.75, 3.05) is 32.1 Å². The molecular formula is C21H26N6O3. The van der Waals surface area contributed by atoms with E-state index in [9.17, 15) is 9.59 Å². The van der Waals surface area contributed by atoms with E-state index in [1.807, 2.05) is 36.3 Å². The van der Waals surface area contributed by atoms with E-state index in [1.165, 1.54) is 6.33 Å². The van der Waals surface area contributed by atoms with Crippen molar-refractivity contribution in [2.45, 2.75) is 20.8 Å². The second kappa shape index (κ2) is 9.36. The Balaban J connectivity index is 1.64. The number of aryl methyl sites for hydroxylation is 1. The number of benzene rings is 1. The van der Waals surface area contributed by atoms with Gasteiger partial charge in [-0.05, 0) is 50.7 Å². The minimum Gasteiger partial charge on any atom is -0.497 e. The summed E-state index contributed by atoms with van der Waals surface area (Å²) in [6.45, 7) is 6.54. The molecule has 0 unspecified atom stereocenters. The van der Waals surface area contributed by atoms with Crippen LogP contribution in [0.3, 0.4) is 0 Å². The van der Waals surface area contributed by atoms with Gasteiger partial charge in [0.25, 0.3) is 0 Å². The molecule has 0 bridgehead atoms. The molecule has 0 aliphatic rings. The first-order valence-electron chi connectivity index (χ1n) is 9.67. The molecule has 3 rings (SSSR count). The third-order valence-corrected chi connectivity index (χ3v) is 4.90. The summed E-state index contributed by atoms with van der Waals surface area (Å²) in [5.74, 6) is 1.06. The minimum atomic E-state index is -0.179. The second-order valence-electron chi connectivity index (χ2n) is 6.93. The summed E-state index contributed by atoms with van der Waals surface area (Å²) in [6.07, 6.45) is 1.43. The number of likely N-dealkylation sites (N-methyl/N-ethyl adjacent to an activating group) is 1. The Morgan fingerprint density at radius 2 is 1.93 bits per heavy atom. The molecule has 2 N–H and O–H groups in total. The first kappa shape index (κ1) is 21.3. The highest BCUT2D eigenvalue weighted by molar-refractivity contribution is 5.99. The monoisotopic (exact) mass is 410 g/mol. The average Bonchev–Trinajstić information content (AvgIpc) is 3.35. The average molecular weight is 410 g/mol. The number of aromatic nitrogens is 4. The molecule has 1 aromatic carbocycles. The van der Waals surface area contributed by atoms with Crippen molar-refractivity contribution in [2.24, 2.45) is 0 Å². The van der Waals surface area contributed by atoms with Crippen LogP contribution in [0.15, 0.2) is 36.7 Å². The first-order valence-corrected chi connectivity index (χ1v) is 9.67. The van der Waals surface area contributed by atoms with E-state index in [-0.39, 0.29) is 24.8 Å². The van der Waals surface area contributed by atoms with Crippen LogP contribution in [0.1, 0.15) is 28.7 Å². The van der Waals surface area contributed by atoms with Crippen LogP contribution in [0, 0.1) is 13.8 Å². The van der Waals surface area contributed by atoms with Crippen molar-refractivity contribution in [3.05, 3.63) is 53.6 Å². The van der Waals surface area contributed by atoms with E-state index in [0.717, 1.165) is 17.1 Å². The van der Waals surface area contributed by atoms with Crippen LogP contribution in [0.2, 0.25) is 0 Å². The molecule has 0 spiro atoms. The highest BCUT2D eigenvalue weighted by Gasteiger charge is 2.20. The third-order valence-electron chi connectivity index (χ3n) is 4.90. The summed E-state index contributed by atoms with van der Waals surface area (Å²) >= 11 is 0. The lowest BCUT2D eigenvalue weighted by Gasteiger charge is -2.19. The molecule has 0 fully saturated rings. The van der Waals surface area contributed by atoms with Gasteiger partial charge in [0, 0.05) is 22.6 Å². The normalized spacial score (nSPS) is 11.0. The van der Waals surface area contributed by atoms with E-state index in [0.29, 0.717) is 23.7 Å². The predicted octanol–water partition coefficient (Wildman–Crippen LogP) is 2.36. The van der Waals surface area contributed by atoms with Crippen LogP contribution in [0.4, 0.5) is 5.69 Å². The maximum absolute atomic E-state index is 12.9. The quantitative estimate of drug-likeness (QED) is 0.525. The zero-order valence-corrected chi connectivity index (χ0v) is 17.6. The molecule has 0 aliphatic heterocycles. The number of methoxy groups -OCH3 is 1. The zero-order valence-electron chi connectivity index (χ0n) is 17.6. The molecule has 0 aliphatic carbocycles. The molecule has 9 heteroatoms. The maximum atomic E-state index is 12.9. The molecule has 0 saturated carbocycles. The van der Waals surface area contributed by atoms with Gasteiger partial charge in [0.05, 0.1) is 20.2 Å². The van der Waals surface area contributed by atoms with Gasteiger partial charge in [0.15, 0.2) is 5.78 Å². The predicted molar refractivity (Wildman–Crippen MR) is 113 cm³/mol. The van der Waals surface area contributed by atoms with E-state index in [2.05, 4.69) is 20.5 Å². The number of Topliss-reactive ketones (excluding diaryl/α,β-unsaturated/α-hetero) is 1. The zero-order chi connectivity index (χ0) is 21.7. The number of rotatable bonds is 9. The summed E-state index contributed by atoms with van der Waals surface area (Å²) < 4.78 is 6.97. The Kier molecular flexibility index (Phi) is 6.63. The number of aromatic amines is 1. The number of carbonyl (C=O) groups excluding carboxylic acids is 2. The van der Waals surface area contributed by atoms with Crippen LogP contribution in [-0.2, 0) is 4.79 Å². The van der Waals surface area contributed by atoms with Crippen LogP contribution >= 0.6 is 0 Å². The van der Waals surface area contributed by atoms with Crippen LogP contribution in [0.5, 0.6) is 5.75 Å². The van der Waals surface area contributed by atoms with Crippen LogP contribution in [-0.4, -0.2) is 63.1 Å². The molecule has 9 nitrogen and oxygen atoms in total. The topological polar surface area (TPSA) is 105 Å². The van der Waals surface area contributed by atoms with Gasteiger partial charge in [0.2, 0.25) is 11.9 Å². The minimum absolute atomic E-state index is 0.0482. The van der Waals surface area contributed by atoms with Gasteiger partial charge in [0.1, 0.15) is 12.1 Å². The van der Waals surface area contributed by atoms with Gasteiger partial charge in [-0.1, -0.05) is 6.92 Å². The number of ether oxygens (including phenoxy) is 1. The SMILES string of the molecule is CCN(CC(=O)Nc1ccc(OC)cc1)CC(=O)c1cc(C)n(-c2ncn[nH]2)c1C. The van der Waals surface area contributed by atoms with E-state index in [1.54, 1.807) is 31.4 Å². The lowest BCUT2D eigenvalue weighted by atomic mass is 10.1. The Bertz CT molecular complexity index is 1010. The Hall–Kier alpha value is -3.46. The Morgan fingerprint density at radius 3 is 2.53 bits per heavy atom. The summed E-state index contributed by atoms with van der Waals surface area (Å²) in [7, 11) is 1.59. The van der Waals surface area contributed by atoms with Crippen molar-refractivity contribution in [1.29, 1.82) is 0 Å². The largest absolute Gasteiger partial charge is 0.497 e. The van der Waals surface area contributed by atoms with Gasteiger partial charge >= 0.3 is 0 Å². The molecule has 3 aromatic rings. The summed E-state index contributed by atoms with van der Waals surface area (Å²) in [5, 5.41) is 9.53. The fourth-order valence-electron chi connectivity index (χ4n) is 3.32. The van der Waals surface area contributed by atoms with Gasteiger partial charge in [-0.2, -0.15) is 10.1 Å². The highest BCUT2D eigenvalue weighted by atomic mass is 16.5. The standard InChI is InChI=1S/C21H26N6O3/c1-5-26(12-20(29)24-16-6-8-17(30-4)9-7-16)11-19(28)18-10-14(2)27(15(18)3)21-22-13-23-25-21/h6-10,13H,5,11-12H2,1-4H3,(H,24,29)(H,22,23,25). The lowest BCUT2D eigenvalue weighted by molar-refractivity contribution is -0.117. The third kappa shape index (κ3) is 4.74. The van der Waals surface area contributed by atoms with Crippen molar-refractivity contribution in [1.82, 2.24) is 24.6 Å². The van der Waals surface area contributed by atoms with Gasteiger partial charge in [-0.25, -0.2) is 5.10 Å². The van der Waals surface area contributed by atoms with Crippen LogP contribution in [0.25, 0.3) is 5.95 Å². The number of ketones is 1. The van der Waals surface area contributed by atoms with Crippen molar-refractivity contribution in [3.63, 3.8) is 0 Å². The molecule has 0 saturated heterocycles. The van der Waals surface area contributed by atoms with Gasteiger partial charge in [-0.15, -0.1) is 0 Å². The maximum Gasteiger partial charge on any atom is 0.238 e. The van der Waals surface area contributed by atoms with Crippen LogP contribution < -0.4 is 10.1 Å². The van der Waals surface area contributed by atoms with Crippen molar-refractivity contribution in [3.8, 4) is 11.7 Å². The number of hydrogen-bond acceptors (Lipinski definition) is 6. The molecule has 158 valence electrons. The van der Waals surface area contributed by atoms with Gasteiger partial charge in [-0.3, -0.25) is 19.1 Å².